The number of fused-ring (bicyclic) bond motifs is 1. The van der Waals surface area contributed by atoms with Gasteiger partial charge in [-0.3, -0.25) is 14.9 Å². The largest absolute Gasteiger partial charge is 0.481 e. The monoisotopic (exact) mass is 311 g/mol. The molecule has 2 rings (SSSR count). The third kappa shape index (κ3) is 2.98. The zero-order valence-corrected chi connectivity index (χ0v) is 11.8. The summed E-state index contributed by atoms with van der Waals surface area (Å²) in [5.41, 5.74) is 6.31. The lowest BCUT2D eigenvalue weighted by atomic mass is 9.95. The van der Waals surface area contributed by atoms with E-state index in [1.54, 1.807) is 6.20 Å². The number of halogens is 1. The van der Waals surface area contributed by atoms with Crippen LogP contribution in [0, 0.1) is 16.0 Å². The molecule has 0 aliphatic carbocycles. The van der Waals surface area contributed by atoms with E-state index in [1.807, 2.05) is 0 Å². The number of hydrogen-bond donors (Lipinski definition) is 3. The number of aromatic nitrogens is 1. The second-order valence-electron chi connectivity index (χ2n) is 4.70. The van der Waals surface area contributed by atoms with Crippen molar-refractivity contribution in [2.75, 3.05) is 6.54 Å². The number of aliphatic carboxylic acids is 1. The number of benzene rings is 1. The first-order valence-electron chi connectivity index (χ1n) is 6.31. The van der Waals surface area contributed by atoms with Crippen LogP contribution in [-0.4, -0.2) is 27.5 Å². The van der Waals surface area contributed by atoms with Crippen molar-refractivity contribution >= 4 is 34.2 Å². The molecule has 0 bridgehead atoms. The molecule has 7 nitrogen and oxygen atoms in total. The Labute approximate surface area is 124 Å². The number of carboxylic acids is 1. The summed E-state index contributed by atoms with van der Waals surface area (Å²) in [5, 5.41) is 21.0. The van der Waals surface area contributed by atoms with E-state index in [1.165, 1.54) is 12.1 Å². The molecule has 0 spiro atoms. The molecule has 8 heteroatoms. The van der Waals surface area contributed by atoms with Gasteiger partial charge in [0, 0.05) is 12.3 Å². The normalized spacial score (nSPS) is 12.5. The maximum atomic E-state index is 11.2. The van der Waals surface area contributed by atoms with Crippen molar-refractivity contribution in [3.05, 3.63) is 39.0 Å². The number of carboxylic acid groups (broad SMARTS) is 1. The van der Waals surface area contributed by atoms with Gasteiger partial charge in [0.2, 0.25) is 0 Å². The lowest BCUT2D eigenvalue weighted by molar-refractivity contribution is -0.383. The van der Waals surface area contributed by atoms with Gasteiger partial charge in [0.05, 0.1) is 26.8 Å². The van der Waals surface area contributed by atoms with Crippen molar-refractivity contribution in [1.29, 1.82) is 0 Å². The second-order valence-corrected chi connectivity index (χ2v) is 5.11. The second kappa shape index (κ2) is 6.11. The number of nitro groups is 1. The van der Waals surface area contributed by atoms with Crippen LogP contribution in [0.3, 0.4) is 0 Å². The fourth-order valence-electron chi connectivity index (χ4n) is 2.36. The van der Waals surface area contributed by atoms with E-state index in [4.69, 9.17) is 17.3 Å². The minimum absolute atomic E-state index is 0.0949. The predicted octanol–water partition coefficient (Wildman–Crippen LogP) is 2.32. The Hall–Kier alpha value is -2.12. The van der Waals surface area contributed by atoms with Crippen LogP contribution in [0.25, 0.3) is 10.9 Å². The number of hydrogen-bond acceptors (Lipinski definition) is 4. The molecule has 0 fully saturated rings. The van der Waals surface area contributed by atoms with Gasteiger partial charge in [-0.25, -0.2) is 0 Å². The molecule has 0 radical (unpaired) electrons. The Kier molecular flexibility index (Phi) is 4.44. The Bertz CT molecular complexity index is 698. The Morgan fingerprint density at radius 3 is 2.81 bits per heavy atom. The van der Waals surface area contributed by atoms with Crippen molar-refractivity contribution in [2.45, 2.75) is 12.8 Å². The van der Waals surface area contributed by atoms with E-state index in [-0.39, 0.29) is 18.7 Å². The van der Waals surface area contributed by atoms with Crippen LogP contribution < -0.4 is 5.73 Å². The average molecular weight is 312 g/mol. The van der Waals surface area contributed by atoms with Crippen LogP contribution in [0.15, 0.2) is 18.3 Å². The van der Waals surface area contributed by atoms with Gasteiger partial charge in [-0.2, -0.15) is 0 Å². The van der Waals surface area contributed by atoms with Gasteiger partial charge in [0.1, 0.15) is 0 Å². The van der Waals surface area contributed by atoms with Crippen molar-refractivity contribution in [3.63, 3.8) is 0 Å². The average Bonchev–Trinajstić information content (AvgIpc) is 2.83. The van der Waals surface area contributed by atoms with Crippen LogP contribution in [0.1, 0.15) is 12.0 Å². The molecule has 4 N–H and O–H groups in total. The quantitative estimate of drug-likeness (QED) is 0.558. The fourth-order valence-corrected chi connectivity index (χ4v) is 2.57. The van der Waals surface area contributed by atoms with Crippen LogP contribution in [0.2, 0.25) is 5.02 Å². The molecule has 2 aromatic rings. The van der Waals surface area contributed by atoms with Gasteiger partial charge < -0.3 is 15.8 Å². The molecule has 0 saturated carbocycles. The number of nitrogens with one attached hydrogen (secondary N) is 1. The molecule has 21 heavy (non-hydrogen) atoms. The fraction of sp³-hybridized carbons (Fsp3) is 0.308. The van der Waals surface area contributed by atoms with Gasteiger partial charge in [0.25, 0.3) is 5.69 Å². The highest BCUT2D eigenvalue weighted by molar-refractivity contribution is 6.35. The number of nitro benzene ring substituents is 1. The molecule has 1 unspecified atom stereocenters. The van der Waals surface area contributed by atoms with E-state index in [2.05, 4.69) is 4.98 Å². The van der Waals surface area contributed by atoms with Gasteiger partial charge in [0.15, 0.2) is 0 Å². The predicted molar refractivity (Wildman–Crippen MR) is 78.5 cm³/mol. The summed E-state index contributed by atoms with van der Waals surface area (Å²) in [4.78, 5) is 24.7. The first-order valence-corrected chi connectivity index (χ1v) is 6.69. The molecule has 0 aliphatic heterocycles. The maximum Gasteiger partial charge on any atom is 0.306 e. The lowest BCUT2D eigenvalue weighted by Crippen LogP contribution is -2.20. The van der Waals surface area contributed by atoms with E-state index < -0.39 is 16.8 Å². The highest BCUT2D eigenvalue weighted by atomic mass is 35.5. The van der Waals surface area contributed by atoms with Crippen molar-refractivity contribution in [3.8, 4) is 0 Å². The van der Waals surface area contributed by atoms with E-state index in [0.717, 1.165) is 0 Å². The molecule has 0 aliphatic rings. The first-order chi connectivity index (χ1) is 9.95. The van der Waals surface area contributed by atoms with Crippen LogP contribution in [0.4, 0.5) is 5.69 Å². The van der Waals surface area contributed by atoms with Crippen molar-refractivity contribution < 1.29 is 14.8 Å². The molecular formula is C13H14ClN3O4. The molecule has 1 atom stereocenters. The molecule has 1 heterocycles. The summed E-state index contributed by atoms with van der Waals surface area (Å²) in [5.74, 6) is -1.66. The van der Waals surface area contributed by atoms with Crippen molar-refractivity contribution in [2.24, 2.45) is 11.7 Å². The lowest BCUT2D eigenvalue weighted by Gasteiger charge is -2.10. The summed E-state index contributed by atoms with van der Waals surface area (Å²) in [6, 6.07) is 2.76. The van der Waals surface area contributed by atoms with Crippen LogP contribution >= 0.6 is 11.6 Å². The summed E-state index contributed by atoms with van der Waals surface area (Å²) in [6.07, 6.45) is 2.03. The summed E-state index contributed by atoms with van der Waals surface area (Å²) in [6.45, 7) is 0.238. The SMILES string of the molecule is NCCC(Cc1c[nH]c2c(Cl)ccc([N+](=O)[O-])c12)C(=O)O. The minimum Gasteiger partial charge on any atom is -0.481 e. The number of nitrogens with zero attached hydrogens (tertiary/aromatic N) is 1. The van der Waals surface area contributed by atoms with E-state index >= 15 is 0 Å². The van der Waals surface area contributed by atoms with E-state index in [0.29, 0.717) is 27.9 Å². The van der Waals surface area contributed by atoms with Crippen molar-refractivity contribution in [1.82, 2.24) is 4.98 Å². The molecule has 0 saturated heterocycles. The Morgan fingerprint density at radius 1 is 1.52 bits per heavy atom. The summed E-state index contributed by atoms with van der Waals surface area (Å²) in [7, 11) is 0. The maximum absolute atomic E-state index is 11.2. The Morgan fingerprint density at radius 2 is 2.24 bits per heavy atom. The van der Waals surface area contributed by atoms with E-state index in [9.17, 15) is 20.0 Å². The minimum atomic E-state index is -0.973. The van der Waals surface area contributed by atoms with Gasteiger partial charge in [-0.15, -0.1) is 0 Å². The number of H-pyrrole nitrogens is 1. The van der Waals surface area contributed by atoms with Gasteiger partial charge >= 0.3 is 5.97 Å². The van der Waals surface area contributed by atoms with Crippen LogP contribution in [-0.2, 0) is 11.2 Å². The molecule has 1 aromatic heterocycles. The number of aromatic amines is 1. The smallest absolute Gasteiger partial charge is 0.306 e. The van der Waals surface area contributed by atoms with Crippen LogP contribution in [0.5, 0.6) is 0 Å². The highest BCUT2D eigenvalue weighted by Crippen LogP contribution is 2.34. The highest BCUT2D eigenvalue weighted by Gasteiger charge is 2.23. The molecule has 112 valence electrons. The molecule has 1 aromatic carbocycles. The Balaban J connectivity index is 2.52. The summed E-state index contributed by atoms with van der Waals surface area (Å²) >= 11 is 6.02. The zero-order valence-electron chi connectivity index (χ0n) is 11.0. The molecular weight excluding hydrogens is 298 g/mol. The number of non-ortho nitro benzene ring substituents is 1. The summed E-state index contributed by atoms with van der Waals surface area (Å²) < 4.78 is 0. The topological polar surface area (TPSA) is 122 Å². The molecule has 0 amide bonds. The van der Waals surface area contributed by atoms with Gasteiger partial charge in [-0.1, -0.05) is 11.6 Å². The zero-order chi connectivity index (χ0) is 15.6. The third-order valence-electron chi connectivity index (χ3n) is 3.37. The number of carbonyl (C=O) groups is 1. The third-order valence-corrected chi connectivity index (χ3v) is 3.69. The number of nitrogens with two attached hydrogens (primary N) is 1. The first kappa shape index (κ1) is 15.3. The number of rotatable bonds is 6. The van der Waals surface area contributed by atoms with Gasteiger partial charge in [-0.05, 0) is 31.0 Å². The standard InChI is InChI=1S/C13H14ClN3O4/c14-9-1-2-10(17(20)21)11-8(6-16-12(9)11)5-7(3-4-15)13(18)19/h1-2,6-7,16H,3-5,15H2,(H,18,19).